The number of aryl methyl sites for hydroxylation is 2. The van der Waals surface area contributed by atoms with Crippen molar-refractivity contribution in [3.63, 3.8) is 0 Å². The highest BCUT2D eigenvalue weighted by atomic mass is 19.1. The molecule has 0 radical (unpaired) electrons. The van der Waals surface area contributed by atoms with Crippen LogP contribution in [-0.4, -0.2) is 34.6 Å². The fourth-order valence-electron chi connectivity index (χ4n) is 3.94. The Bertz CT molecular complexity index is 1170. The van der Waals surface area contributed by atoms with Crippen LogP contribution in [0.2, 0.25) is 0 Å². The zero-order chi connectivity index (χ0) is 23.6. The van der Waals surface area contributed by atoms with Crippen molar-refractivity contribution < 1.29 is 23.0 Å². The van der Waals surface area contributed by atoms with E-state index in [9.17, 15) is 13.6 Å². The van der Waals surface area contributed by atoms with Crippen LogP contribution >= 0.6 is 0 Å². The van der Waals surface area contributed by atoms with Crippen LogP contribution in [0.15, 0.2) is 42.7 Å². The minimum atomic E-state index is -0.648. The summed E-state index contributed by atoms with van der Waals surface area (Å²) in [5.41, 5.74) is 1.13. The number of hydrogen-bond donors (Lipinski definition) is 1. The summed E-state index contributed by atoms with van der Waals surface area (Å²) in [5, 5.41) is 2.76. The van der Waals surface area contributed by atoms with Gasteiger partial charge in [-0.25, -0.2) is 23.7 Å². The number of nitrogens with one attached hydrogen (secondary N) is 1. The predicted octanol–water partition coefficient (Wildman–Crippen LogP) is 3.89. The molecule has 1 saturated carbocycles. The van der Waals surface area contributed by atoms with Crippen LogP contribution in [0.3, 0.4) is 0 Å². The molecule has 0 spiro atoms. The highest BCUT2D eigenvalue weighted by Gasteiger charge is 2.60. The highest BCUT2D eigenvalue weighted by molar-refractivity contribution is 5.95. The first-order chi connectivity index (χ1) is 15.8. The molecule has 4 rings (SSSR count). The first-order valence-corrected chi connectivity index (χ1v) is 10.5. The number of methoxy groups -OCH3 is 1. The fourth-order valence-corrected chi connectivity index (χ4v) is 3.94. The number of rotatable bonds is 8. The van der Waals surface area contributed by atoms with E-state index >= 15 is 0 Å². The van der Waals surface area contributed by atoms with Gasteiger partial charge in [0.1, 0.15) is 23.3 Å². The van der Waals surface area contributed by atoms with E-state index in [1.807, 2.05) is 6.92 Å². The number of anilines is 1. The Hall–Kier alpha value is -3.46. The van der Waals surface area contributed by atoms with E-state index in [-0.39, 0.29) is 30.8 Å². The van der Waals surface area contributed by atoms with E-state index in [1.54, 1.807) is 25.3 Å². The molecule has 2 heterocycles. The monoisotopic (exact) mass is 454 g/mol. The van der Waals surface area contributed by atoms with Gasteiger partial charge in [0.2, 0.25) is 5.91 Å². The molecule has 1 aliphatic carbocycles. The van der Waals surface area contributed by atoms with Gasteiger partial charge in [0.05, 0.1) is 37.2 Å². The Labute approximate surface area is 190 Å². The van der Waals surface area contributed by atoms with Gasteiger partial charge in [0.25, 0.3) is 0 Å². The number of pyridine rings is 1. The fraction of sp³-hybridized carbons (Fsp3) is 0.333. The lowest BCUT2D eigenvalue weighted by Gasteiger charge is -2.19. The summed E-state index contributed by atoms with van der Waals surface area (Å²) in [7, 11) is 1.46. The van der Waals surface area contributed by atoms with Crippen LogP contribution in [0.1, 0.15) is 29.1 Å². The number of hydrogen-bond acceptors (Lipinski definition) is 6. The third kappa shape index (κ3) is 4.83. The van der Waals surface area contributed by atoms with Crippen molar-refractivity contribution in [2.45, 2.75) is 32.3 Å². The molecule has 0 bridgehead atoms. The normalized spacial score (nSPS) is 19.2. The molecule has 33 heavy (non-hydrogen) atoms. The Morgan fingerprint density at radius 2 is 1.94 bits per heavy atom. The Morgan fingerprint density at radius 3 is 2.64 bits per heavy atom. The van der Waals surface area contributed by atoms with E-state index in [0.717, 1.165) is 11.8 Å². The molecular weight excluding hydrogens is 430 g/mol. The summed E-state index contributed by atoms with van der Waals surface area (Å²) in [6, 6.07) is 7.50. The van der Waals surface area contributed by atoms with Gasteiger partial charge in [-0.15, -0.1) is 0 Å². The molecule has 0 saturated heterocycles. The van der Waals surface area contributed by atoms with Crippen molar-refractivity contribution in [2.75, 3.05) is 19.0 Å². The quantitative estimate of drug-likeness (QED) is 0.556. The van der Waals surface area contributed by atoms with Gasteiger partial charge in [-0.05, 0) is 44.0 Å². The van der Waals surface area contributed by atoms with Crippen molar-refractivity contribution >= 4 is 11.7 Å². The maximum atomic E-state index is 13.8. The van der Waals surface area contributed by atoms with Crippen LogP contribution in [0.4, 0.5) is 14.6 Å². The average molecular weight is 454 g/mol. The summed E-state index contributed by atoms with van der Waals surface area (Å²) >= 11 is 0. The number of carbonyl (C=O) groups is 1. The number of ether oxygens (including phenoxy) is 2. The van der Waals surface area contributed by atoms with E-state index in [1.165, 1.54) is 25.3 Å². The lowest BCUT2D eigenvalue weighted by molar-refractivity contribution is -0.117. The molecule has 0 aliphatic heterocycles. The minimum Gasteiger partial charge on any atom is -0.489 e. The van der Waals surface area contributed by atoms with E-state index in [4.69, 9.17) is 9.47 Å². The molecule has 1 fully saturated rings. The summed E-state index contributed by atoms with van der Waals surface area (Å²) in [6.45, 7) is 3.87. The second-order valence-corrected chi connectivity index (χ2v) is 8.16. The standard InChI is InChI=1S/C24H24F2N4O3/c1-14-21(11-27-15(2)29-14)33-13-24(17-4-6-18(25)7-5-17)9-19(24)23(31)30-22-8-16(12-32-3)20(26)10-28-22/h4-8,10-11,19H,9,12-13H2,1-3H3,(H,28,30,31)/t19-,24+/m0/s1. The lowest BCUT2D eigenvalue weighted by Crippen LogP contribution is -2.27. The van der Waals surface area contributed by atoms with Gasteiger partial charge < -0.3 is 14.8 Å². The number of carbonyl (C=O) groups excluding carboxylic acids is 1. The molecule has 1 N–H and O–H groups in total. The molecule has 172 valence electrons. The smallest absolute Gasteiger partial charge is 0.229 e. The Kier molecular flexibility index (Phi) is 6.33. The van der Waals surface area contributed by atoms with E-state index in [0.29, 0.717) is 29.3 Å². The maximum absolute atomic E-state index is 13.8. The van der Waals surface area contributed by atoms with Crippen LogP contribution in [0.25, 0.3) is 0 Å². The van der Waals surface area contributed by atoms with E-state index in [2.05, 4.69) is 20.3 Å². The zero-order valence-electron chi connectivity index (χ0n) is 18.6. The van der Waals surface area contributed by atoms with Crippen molar-refractivity contribution in [1.82, 2.24) is 15.0 Å². The molecule has 3 aromatic rings. The Morgan fingerprint density at radius 1 is 1.18 bits per heavy atom. The highest BCUT2D eigenvalue weighted by Crippen LogP contribution is 2.55. The van der Waals surface area contributed by atoms with E-state index < -0.39 is 17.2 Å². The van der Waals surface area contributed by atoms with Crippen molar-refractivity contribution in [3.05, 3.63) is 77.0 Å². The summed E-state index contributed by atoms with van der Waals surface area (Å²) in [4.78, 5) is 25.5. The maximum Gasteiger partial charge on any atom is 0.229 e. The van der Waals surface area contributed by atoms with Gasteiger partial charge in [0, 0.05) is 18.1 Å². The molecular formula is C24H24F2N4O3. The number of nitrogens with zero attached hydrogens (tertiary/aromatic N) is 3. The molecule has 2 atom stereocenters. The van der Waals surface area contributed by atoms with Gasteiger partial charge in [0.15, 0.2) is 5.75 Å². The third-order valence-electron chi connectivity index (χ3n) is 5.84. The molecule has 9 heteroatoms. The average Bonchev–Trinajstić information content (AvgIpc) is 3.52. The van der Waals surface area contributed by atoms with Gasteiger partial charge in [-0.2, -0.15) is 0 Å². The summed E-state index contributed by atoms with van der Waals surface area (Å²) in [5.74, 6) is -0.188. The second kappa shape index (κ2) is 9.19. The molecule has 1 aliphatic rings. The molecule has 7 nitrogen and oxygen atoms in total. The topological polar surface area (TPSA) is 86.2 Å². The molecule has 0 unspecified atom stereocenters. The van der Waals surface area contributed by atoms with Crippen LogP contribution in [0.5, 0.6) is 5.75 Å². The first kappa shape index (κ1) is 22.7. The van der Waals surface area contributed by atoms with Crippen molar-refractivity contribution in [3.8, 4) is 5.75 Å². The SMILES string of the molecule is COCc1cc(NC(=O)[C@@H]2C[C@@]2(COc2cnc(C)nc2C)c2ccc(F)cc2)ncc1F. The Balaban J connectivity index is 1.55. The minimum absolute atomic E-state index is 0.0615. The largest absolute Gasteiger partial charge is 0.489 e. The van der Waals surface area contributed by atoms with Crippen molar-refractivity contribution in [2.24, 2.45) is 5.92 Å². The molecule has 1 aromatic carbocycles. The summed E-state index contributed by atoms with van der Waals surface area (Å²) < 4.78 is 38.4. The number of halogens is 2. The number of amides is 1. The zero-order valence-corrected chi connectivity index (χ0v) is 18.6. The van der Waals surface area contributed by atoms with Crippen LogP contribution in [-0.2, 0) is 21.6 Å². The van der Waals surface area contributed by atoms with Crippen LogP contribution in [0, 0.1) is 31.4 Å². The summed E-state index contributed by atoms with van der Waals surface area (Å²) in [6.07, 6.45) is 3.16. The van der Waals surface area contributed by atoms with Crippen LogP contribution < -0.4 is 10.1 Å². The number of aromatic nitrogens is 3. The van der Waals surface area contributed by atoms with Crippen molar-refractivity contribution in [1.29, 1.82) is 0 Å². The predicted molar refractivity (Wildman–Crippen MR) is 117 cm³/mol. The third-order valence-corrected chi connectivity index (χ3v) is 5.84. The second-order valence-electron chi connectivity index (χ2n) is 8.16. The van der Waals surface area contributed by atoms with Gasteiger partial charge in [-0.1, -0.05) is 12.1 Å². The van der Waals surface area contributed by atoms with Gasteiger partial charge in [-0.3, -0.25) is 4.79 Å². The first-order valence-electron chi connectivity index (χ1n) is 10.5. The molecule has 2 aromatic heterocycles. The van der Waals surface area contributed by atoms with Gasteiger partial charge >= 0.3 is 0 Å². The lowest BCUT2D eigenvalue weighted by atomic mass is 9.93. The number of benzene rings is 1. The molecule has 1 amide bonds.